The van der Waals surface area contributed by atoms with Crippen LogP contribution in [0.2, 0.25) is 5.02 Å². The summed E-state index contributed by atoms with van der Waals surface area (Å²) >= 11 is 6.73. The van der Waals surface area contributed by atoms with E-state index in [9.17, 15) is 14.0 Å². The first-order chi connectivity index (χ1) is 18.7. The number of benzene rings is 1. The maximum atomic E-state index is 14.9. The van der Waals surface area contributed by atoms with E-state index in [0.717, 1.165) is 29.7 Å². The number of H-pyrrole nitrogens is 1. The highest BCUT2D eigenvalue weighted by Crippen LogP contribution is 2.36. The number of esters is 1. The highest BCUT2D eigenvalue weighted by Gasteiger charge is 2.29. The number of nitrogens with one attached hydrogen (secondary N) is 2. The van der Waals surface area contributed by atoms with E-state index < -0.39 is 17.3 Å². The Labute approximate surface area is 230 Å². The molecule has 4 heterocycles. The molecule has 0 fully saturated rings. The van der Waals surface area contributed by atoms with E-state index >= 15 is 0 Å². The molecule has 4 aromatic rings. The summed E-state index contributed by atoms with van der Waals surface area (Å²) in [6, 6.07) is 8.48. The molecule has 1 aliphatic rings. The van der Waals surface area contributed by atoms with Crippen LogP contribution in [-0.4, -0.2) is 52.7 Å². The minimum Gasteiger partial charge on any atom is -0.460 e. The van der Waals surface area contributed by atoms with E-state index in [1.54, 1.807) is 23.6 Å². The average Bonchev–Trinajstić information content (AvgIpc) is 3.02. The number of halogens is 2. The number of nitrogens with zero attached hydrogens (tertiary/aromatic N) is 3. The van der Waals surface area contributed by atoms with E-state index in [-0.39, 0.29) is 30.1 Å². The fraction of sp³-hybridized carbons (Fsp3) is 0.276. The maximum Gasteiger partial charge on any atom is 0.355 e. The van der Waals surface area contributed by atoms with Crippen LogP contribution < -0.4 is 10.9 Å². The molecule has 0 bridgehead atoms. The second-order valence-corrected chi connectivity index (χ2v) is 10.2. The van der Waals surface area contributed by atoms with Crippen molar-refractivity contribution in [1.29, 1.82) is 0 Å². The van der Waals surface area contributed by atoms with Gasteiger partial charge in [-0.1, -0.05) is 23.7 Å². The van der Waals surface area contributed by atoms with Crippen LogP contribution in [-0.2, 0) is 17.7 Å². The van der Waals surface area contributed by atoms with Crippen LogP contribution in [0.4, 0.5) is 10.1 Å². The van der Waals surface area contributed by atoms with Crippen molar-refractivity contribution in [2.45, 2.75) is 26.3 Å². The van der Waals surface area contributed by atoms with Gasteiger partial charge in [0, 0.05) is 41.6 Å². The summed E-state index contributed by atoms with van der Waals surface area (Å²) in [5.41, 5.74) is 3.83. The third-order valence-corrected chi connectivity index (χ3v) is 7.11. The highest BCUT2D eigenvalue weighted by atomic mass is 35.5. The van der Waals surface area contributed by atoms with Crippen molar-refractivity contribution in [2.75, 3.05) is 32.6 Å². The zero-order chi connectivity index (χ0) is 27.7. The van der Waals surface area contributed by atoms with Crippen molar-refractivity contribution < 1.29 is 13.9 Å². The molecule has 0 amide bonds. The second kappa shape index (κ2) is 11.0. The number of hydrogen-bond acceptors (Lipinski definition) is 6. The largest absolute Gasteiger partial charge is 0.460 e. The molecule has 5 rings (SSSR count). The van der Waals surface area contributed by atoms with Crippen molar-refractivity contribution in [3.05, 3.63) is 92.5 Å². The Bertz CT molecular complexity index is 1660. The molecule has 1 aliphatic heterocycles. The minimum atomic E-state index is -0.636. The van der Waals surface area contributed by atoms with Gasteiger partial charge in [-0.15, -0.1) is 0 Å². The van der Waals surface area contributed by atoms with Crippen molar-refractivity contribution in [1.82, 2.24) is 19.4 Å². The van der Waals surface area contributed by atoms with Gasteiger partial charge in [-0.3, -0.25) is 4.79 Å². The van der Waals surface area contributed by atoms with Crippen LogP contribution in [0, 0.1) is 12.7 Å². The van der Waals surface area contributed by atoms with Gasteiger partial charge in [-0.2, -0.15) is 0 Å². The molecule has 3 aromatic heterocycles. The third kappa shape index (κ3) is 5.32. The fourth-order valence-electron chi connectivity index (χ4n) is 4.74. The van der Waals surface area contributed by atoms with Crippen LogP contribution in [0.25, 0.3) is 22.2 Å². The Hall–Kier alpha value is -3.95. The lowest BCUT2D eigenvalue weighted by atomic mass is 10.0. The Morgan fingerprint density at radius 1 is 1.28 bits per heavy atom. The lowest BCUT2D eigenvalue weighted by Gasteiger charge is -2.16. The quantitative estimate of drug-likeness (QED) is 0.310. The summed E-state index contributed by atoms with van der Waals surface area (Å²) in [7, 11) is 3.75. The van der Waals surface area contributed by atoms with Crippen LogP contribution in [0.1, 0.15) is 33.7 Å². The first kappa shape index (κ1) is 26.6. The van der Waals surface area contributed by atoms with Crippen molar-refractivity contribution in [3.8, 4) is 11.1 Å². The first-order valence-corrected chi connectivity index (χ1v) is 13.0. The number of ether oxygens (including phenoxy) is 1. The number of likely N-dealkylation sites (N-methyl/N-ethyl adjacent to an activating group) is 1. The zero-order valence-electron chi connectivity index (χ0n) is 22.0. The van der Waals surface area contributed by atoms with Gasteiger partial charge in [-0.25, -0.2) is 14.2 Å². The van der Waals surface area contributed by atoms with Gasteiger partial charge in [0.1, 0.15) is 18.1 Å². The molecule has 0 spiro atoms. The Morgan fingerprint density at radius 3 is 2.87 bits per heavy atom. The lowest BCUT2D eigenvalue weighted by Crippen LogP contribution is -2.22. The van der Waals surface area contributed by atoms with E-state index in [4.69, 9.17) is 16.3 Å². The van der Waals surface area contributed by atoms with Crippen LogP contribution in [0.3, 0.4) is 0 Å². The summed E-state index contributed by atoms with van der Waals surface area (Å²) in [6.07, 6.45) is 7.14. The van der Waals surface area contributed by atoms with Gasteiger partial charge >= 0.3 is 5.97 Å². The number of anilines is 1. The van der Waals surface area contributed by atoms with Crippen molar-refractivity contribution in [3.63, 3.8) is 0 Å². The minimum absolute atomic E-state index is 0.115. The molecule has 0 unspecified atom stereocenters. The Kier molecular flexibility index (Phi) is 7.54. The summed E-state index contributed by atoms with van der Waals surface area (Å²) in [5, 5.41) is 3.74. The van der Waals surface area contributed by atoms with Gasteiger partial charge < -0.3 is 24.5 Å². The van der Waals surface area contributed by atoms with Gasteiger partial charge in [-0.05, 0) is 69.4 Å². The molecule has 39 heavy (non-hydrogen) atoms. The molecule has 10 heteroatoms. The van der Waals surface area contributed by atoms with E-state index in [2.05, 4.69) is 21.4 Å². The first-order valence-electron chi connectivity index (χ1n) is 12.7. The molecule has 0 saturated carbocycles. The average molecular weight is 550 g/mol. The van der Waals surface area contributed by atoms with E-state index in [0.29, 0.717) is 28.2 Å². The molecule has 1 aromatic carbocycles. The number of aromatic amines is 1. The number of carbonyl (C=O) groups excluding carboxylic acids is 1. The van der Waals surface area contributed by atoms with Gasteiger partial charge in [0.2, 0.25) is 0 Å². The van der Waals surface area contributed by atoms with Gasteiger partial charge in [0.25, 0.3) is 5.56 Å². The number of fused-ring (bicyclic) bond motifs is 2. The zero-order valence-corrected chi connectivity index (χ0v) is 22.7. The Balaban J connectivity index is 1.74. The molecular weight excluding hydrogens is 521 g/mol. The smallest absolute Gasteiger partial charge is 0.355 e. The molecule has 0 atom stereocenters. The lowest BCUT2D eigenvalue weighted by molar-refractivity contribution is 0.0471. The number of aromatic nitrogens is 3. The van der Waals surface area contributed by atoms with Crippen LogP contribution in [0.15, 0.2) is 53.6 Å². The molecule has 2 N–H and O–H groups in total. The summed E-state index contributed by atoms with van der Waals surface area (Å²) in [6.45, 7) is 2.33. The number of carbonyl (C=O) groups is 1. The second-order valence-electron chi connectivity index (χ2n) is 9.77. The summed E-state index contributed by atoms with van der Waals surface area (Å²) in [5.74, 6) is -1.16. The summed E-state index contributed by atoms with van der Waals surface area (Å²) < 4.78 is 22.2. The number of rotatable bonds is 7. The number of hydrogen-bond donors (Lipinski definition) is 2. The number of aryl methyl sites for hydroxylation is 2. The predicted molar refractivity (Wildman–Crippen MR) is 151 cm³/mol. The molecule has 202 valence electrons. The molecule has 0 radical (unpaired) electrons. The van der Waals surface area contributed by atoms with Gasteiger partial charge in [0.15, 0.2) is 0 Å². The number of allylic oxidation sites excluding steroid dienone is 1. The monoisotopic (exact) mass is 549 g/mol. The van der Waals surface area contributed by atoms with Crippen molar-refractivity contribution >= 4 is 34.3 Å². The molecule has 0 aliphatic carbocycles. The van der Waals surface area contributed by atoms with E-state index in [1.807, 2.05) is 37.3 Å². The van der Waals surface area contributed by atoms with Gasteiger partial charge in [0.05, 0.1) is 22.3 Å². The van der Waals surface area contributed by atoms with Crippen LogP contribution >= 0.6 is 11.6 Å². The topological polar surface area (TPSA) is 92.2 Å². The SMILES string of the molecule is Cc1nc2c(-c3ccc[nH]c3=O)c(C(=O)OCCN(C)C)n(Cc3cc4c(cc3Cl)NC=CCC4)c2cc1F. The van der Waals surface area contributed by atoms with E-state index in [1.165, 1.54) is 12.3 Å². The third-order valence-electron chi connectivity index (χ3n) is 6.76. The predicted octanol–water partition coefficient (Wildman–Crippen LogP) is 5.13. The highest BCUT2D eigenvalue weighted by molar-refractivity contribution is 6.31. The fourth-order valence-corrected chi connectivity index (χ4v) is 4.96. The number of pyridine rings is 2. The molecule has 0 saturated heterocycles. The standard InChI is InChI=1S/C29H29ClFN5O3/c1-17-22(31)15-24-26(34-17)25(20-8-6-10-33-28(20)37)27(29(38)39-12-11-35(2)3)36(24)16-19-13-18-7-4-5-9-32-23(18)14-21(19)30/h5-6,8-10,13-15,32H,4,7,11-12,16H2,1-3H3,(H,33,37). The normalized spacial score (nSPS) is 12.9. The van der Waals surface area contributed by atoms with Crippen LogP contribution in [0.5, 0.6) is 0 Å². The molecular formula is C29H29ClFN5O3. The van der Waals surface area contributed by atoms with Crippen molar-refractivity contribution in [2.24, 2.45) is 0 Å². The Morgan fingerprint density at radius 2 is 2.10 bits per heavy atom. The molecule has 8 nitrogen and oxygen atoms in total. The maximum absolute atomic E-state index is 14.9. The summed E-state index contributed by atoms with van der Waals surface area (Å²) in [4.78, 5) is 35.7.